The second kappa shape index (κ2) is 8.51. The highest BCUT2D eigenvalue weighted by Gasteiger charge is 2.32. The summed E-state index contributed by atoms with van der Waals surface area (Å²) >= 11 is 0. The molecule has 1 aliphatic heterocycles. The van der Waals surface area contributed by atoms with Crippen LogP contribution in [0.1, 0.15) is 39.5 Å². The predicted molar refractivity (Wildman–Crippen MR) is 73.1 cm³/mol. The monoisotopic (exact) mass is 273 g/mol. The average molecular weight is 273 g/mol. The Balaban J connectivity index is 2.15. The second-order valence-electron chi connectivity index (χ2n) is 5.12. The van der Waals surface area contributed by atoms with E-state index in [1.54, 1.807) is 7.05 Å². The predicted octanol–water partition coefficient (Wildman–Crippen LogP) is 1.50. The maximum atomic E-state index is 11.8. The van der Waals surface area contributed by atoms with Crippen LogP contribution in [0.5, 0.6) is 0 Å². The maximum absolute atomic E-state index is 11.8. The van der Waals surface area contributed by atoms with Crippen molar-refractivity contribution in [2.45, 2.75) is 51.2 Å². The Morgan fingerprint density at radius 2 is 2.32 bits per heavy atom. The Morgan fingerprint density at radius 3 is 2.89 bits per heavy atom. The van der Waals surface area contributed by atoms with E-state index in [1.165, 1.54) is 0 Å². The zero-order valence-electron chi connectivity index (χ0n) is 12.4. The molecule has 0 aromatic heterocycles. The van der Waals surface area contributed by atoms with Gasteiger partial charge in [-0.15, -0.1) is 0 Å². The molecule has 5 heteroatoms. The van der Waals surface area contributed by atoms with Crippen molar-refractivity contribution in [2.24, 2.45) is 0 Å². The molecule has 2 unspecified atom stereocenters. The first-order valence-corrected chi connectivity index (χ1v) is 7.18. The molecular weight excluding hydrogens is 246 g/mol. The van der Waals surface area contributed by atoms with E-state index in [0.29, 0.717) is 26.2 Å². The largest absolute Gasteiger partial charge is 0.465 e. The molecule has 1 rings (SSSR count). The fourth-order valence-corrected chi connectivity index (χ4v) is 2.14. The molecule has 112 valence electrons. The highest BCUT2D eigenvalue weighted by molar-refractivity contribution is 5.80. The Hall–Kier alpha value is -0.650. The van der Waals surface area contributed by atoms with Crippen molar-refractivity contribution >= 4 is 5.97 Å². The third-order valence-electron chi connectivity index (χ3n) is 3.57. The number of nitrogens with one attached hydrogen (secondary N) is 1. The quantitative estimate of drug-likeness (QED) is 0.510. The normalized spacial score (nSPS) is 22.2. The Morgan fingerprint density at radius 1 is 1.53 bits per heavy atom. The van der Waals surface area contributed by atoms with Gasteiger partial charge in [0.2, 0.25) is 0 Å². The molecule has 0 amide bonds. The molecule has 1 saturated heterocycles. The fraction of sp³-hybridized carbons (Fsp3) is 0.929. The van der Waals surface area contributed by atoms with Gasteiger partial charge in [-0.05, 0) is 46.6 Å². The van der Waals surface area contributed by atoms with Crippen molar-refractivity contribution in [3.05, 3.63) is 0 Å². The molecule has 0 aliphatic carbocycles. The lowest BCUT2D eigenvalue weighted by molar-refractivity contribution is -0.150. The number of esters is 1. The molecular formula is C14H27NO4. The lowest BCUT2D eigenvalue weighted by Crippen LogP contribution is -2.48. The van der Waals surface area contributed by atoms with Crippen molar-refractivity contribution in [2.75, 3.05) is 33.5 Å². The molecule has 19 heavy (non-hydrogen) atoms. The zero-order valence-corrected chi connectivity index (χ0v) is 12.4. The number of carbonyl (C=O) groups excluding carboxylic acids is 1. The van der Waals surface area contributed by atoms with E-state index >= 15 is 0 Å². The van der Waals surface area contributed by atoms with Crippen molar-refractivity contribution in [3.63, 3.8) is 0 Å². The third-order valence-corrected chi connectivity index (χ3v) is 3.57. The summed E-state index contributed by atoms with van der Waals surface area (Å²) in [6.07, 6.45) is 4.02. The molecule has 0 saturated carbocycles. The molecule has 0 aromatic carbocycles. The molecule has 0 radical (unpaired) electrons. The first-order valence-electron chi connectivity index (χ1n) is 7.18. The number of hydrogen-bond donors (Lipinski definition) is 1. The van der Waals surface area contributed by atoms with Crippen molar-refractivity contribution in [3.8, 4) is 0 Å². The highest BCUT2D eigenvalue weighted by Crippen LogP contribution is 2.15. The van der Waals surface area contributed by atoms with E-state index < -0.39 is 5.54 Å². The summed E-state index contributed by atoms with van der Waals surface area (Å²) in [5.41, 5.74) is -0.622. The van der Waals surface area contributed by atoms with Crippen LogP contribution in [0, 0.1) is 0 Å². The Bertz CT molecular complexity index is 266. The highest BCUT2D eigenvalue weighted by atomic mass is 16.5. The van der Waals surface area contributed by atoms with Gasteiger partial charge in [-0.3, -0.25) is 4.79 Å². The van der Waals surface area contributed by atoms with Gasteiger partial charge in [-0.1, -0.05) is 0 Å². The van der Waals surface area contributed by atoms with E-state index in [2.05, 4.69) is 5.32 Å². The smallest absolute Gasteiger partial charge is 0.326 e. The number of ether oxygens (including phenoxy) is 3. The van der Waals surface area contributed by atoms with E-state index in [4.69, 9.17) is 14.2 Å². The minimum absolute atomic E-state index is 0.198. The van der Waals surface area contributed by atoms with Crippen LogP contribution in [0.4, 0.5) is 0 Å². The van der Waals surface area contributed by atoms with Gasteiger partial charge in [-0.25, -0.2) is 0 Å². The van der Waals surface area contributed by atoms with Crippen LogP contribution >= 0.6 is 0 Å². The van der Waals surface area contributed by atoms with Gasteiger partial charge in [-0.2, -0.15) is 0 Å². The number of likely N-dealkylation sites (N-methyl/N-ethyl adjacent to an activating group) is 1. The average Bonchev–Trinajstić information content (AvgIpc) is 2.91. The van der Waals surface area contributed by atoms with Crippen LogP contribution in [0.15, 0.2) is 0 Å². The summed E-state index contributed by atoms with van der Waals surface area (Å²) in [7, 11) is 1.78. The van der Waals surface area contributed by atoms with Gasteiger partial charge < -0.3 is 19.5 Å². The number of hydrogen-bond acceptors (Lipinski definition) is 5. The summed E-state index contributed by atoms with van der Waals surface area (Å²) in [5, 5.41) is 3.04. The Kier molecular flexibility index (Phi) is 7.34. The van der Waals surface area contributed by atoms with E-state index in [-0.39, 0.29) is 12.1 Å². The minimum atomic E-state index is -0.622. The number of rotatable bonds is 9. The lowest BCUT2D eigenvalue weighted by atomic mass is 9.96. The summed E-state index contributed by atoms with van der Waals surface area (Å²) in [4.78, 5) is 11.8. The van der Waals surface area contributed by atoms with Crippen molar-refractivity contribution in [1.82, 2.24) is 5.32 Å². The van der Waals surface area contributed by atoms with Crippen molar-refractivity contribution < 1.29 is 19.0 Å². The molecule has 0 aromatic rings. The van der Waals surface area contributed by atoms with Crippen LogP contribution in [0.2, 0.25) is 0 Å². The zero-order chi connectivity index (χ0) is 14.1. The summed E-state index contributed by atoms with van der Waals surface area (Å²) in [6, 6.07) is 0. The second-order valence-corrected chi connectivity index (χ2v) is 5.12. The van der Waals surface area contributed by atoms with Gasteiger partial charge in [0, 0.05) is 13.2 Å². The molecule has 0 spiro atoms. The molecule has 0 bridgehead atoms. The molecule has 1 heterocycles. The summed E-state index contributed by atoms with van der Waals surface area (Å²) in [5.74, 6) is -0.198. The van der Waals surface area contributed by atoms with E-state index in [1.807, 2.05) is 13.8 Å². The number of carbonyl (C=O) groups is 1. The van der Waals surface area contributed by atoms with E-state index in [0.717, 1.165) is 25.9 Å². The van der Waals surface area contributed by atoms with Crippen molar-refractivity contribution in [1.29, 1.82) is 0 Å². The molecule has 2 atom stereocenters. The van der Waals surface area contributed by atoms with Gasteiger partial charge in [0.1, 0.15) is 5.54 Å². The standard InChI is InChI=1S/C14H27NO4/c1-4-18-13(16)14(2,15-3)8-6-9-17-11-12-7-5-10-19-12/h12,15H,4-11H2,1-3H3. The molecule has 1 N–H and O–H groups in total. The SMILES string of the molecule is CCOC(=O)C(C)(CCCOCC1CCCO1)NC. The Labute approximate surface area is 116 Å². The van der Waals surface area contributed by atoms with Gasteiger partial charge >= 0.3 is 5.97 Å². The van der Waals surface area contributed by atoms with Crippen LogP contribution in [-0.2, 0) is 19.0 Å². The van der Waals surface area contributed by atoms with E-state index in [9.17, 15) is 4.79 Å². The first kappa shape index (κ1) is 16.4. The first-order chi connectivity index (χ1) is 9.12. The molecule has 1 fully saturated rings. The molecule has 1 aliphatic rings. The van der Waals surface area contributed by atoms with Crippen LogP contribution in [0.25, 0.3) is 0 Å². The van der Waals surface area contributed by atoms with Crippen LogP contribution in [0.3, 0.4) is 0 Å². The summed E-state index contributed by atoms with van der Waals surface area (Å²) in [6.45, 7) is 6.26. The maximum Gasteiger partial charge on any atom is 0.326 e. The van der Waals surface area contributed by atoms with Crippen LogP contribution < -0.4 is 5.32 Å². The lowest BCUT2D eigenvalue weighted by Gasteiger charge is -2.26. The van der Waals surface area contributed by atoms with Gasteiger partial charge in [0.05, 0.1) is 19.3 Å². The third kappa shape index (κ3) is 5.47. The minimum Gasteiger partial charge on any atom is -0.465 e. The van der Waals surface area contributed by atoms with Gasteiger partial charge in [0.15, 0.2) is 0 Å². The van der Waals surface area contributed by atoms with Crippen LogP contribution in [-0.4, -0.2) is 51.1 Å². The van der Waals surface area contributed by atoms with Gasteiger partial charge in [0.25, 0.3) is 0 Å². The summed E-state index contributed by atoms with van der Waals surface area (Å²) < 4.78 is 16.1. The fourth-order valence-electron chi connectivity index (χ4n) is 2.14. The molecule has 5 nitrogen and oxygen atoms in total. The topological polar surface area (TPSA) is 56.8 Å².